The molecule has 0 amide bonds. The second-order valence-electron chi connectivity index (χ2n) is 12.4. The van der Waals surface area contributed by atoms with Gasteiger partial charge in [0, 0.05) is 0 Å². The first-order chi connectivity index (χ1) is 24.8. The Morgan fingerprint density at radius 3 is 0.500 bits per heavy atom. The molecule has 50 heavy (non-hydrogen) atoms. The predicted octanol–water partition coefficient (Wildman–Crippen LogP) is 8.59. The van der Waals surface area contributed by atoms with E-state index in [0.717, 1.165) is 0 Å². The summed E-state index contributed by atoms with van der Waals surface area (Å²) in [7, 11) is -4.29. The number of hydrogen-bond donors (Lipinski definition) is 0. The molecule has 0 aliphatic carbocycles. The molecule has 0 bridgehead atoms. The highest BCUT2D eigenvalue weighted by Crippen LogP contribution is 2.55. The molecule has 0 aliphatic heterocycles. The van der Waals surface area contributed by atoms with E-state index < -0.39 is 14.5 Å². The molecule has 0 nitrogen and oxygen atoms in total. The molecule has 0 saturated heterocycles. The minimum atomic E-state index is -2.14. The monoisotopic (exact) mass is 676 g/mol. The largest absolute Gasteiger partial charge is 0.144 e. The van der Waals surface area contributed by atoms with Crippen LogP contribution in [0.1, 0.15) is 0 Å². The van der Waals surface area contributed by atoms with Crippen LogP contribution in [-0.4, -0.2) is 0 Å². The second-order valence-corrected chi connectivity index (χ2v) is 19.3. The van der Waals surface area contributed by atoms with Crippen molar-refractivity contribution in [2.24, 2.45) is 0 Å². The Balaban J connectivity index is 1.25. The highest BCUT2D eigenvalue weighted by molar-refractivity contribution is 8.02. The van der Waals surface area contributed by atoms with Gasteiger partial charge in [0.25, 0.3) is 0 Å². The molecule has 0 heterocycles. The van der Waals surface area contributed by atoms with Crippen molar-refractivity contribution in [1.82, 2.24) is 0 Å². The Hall–Kier alpha value is -5.38. The highest BCUT2D eigenvalue weighted by atomic mass is 31.2. The summed E-state index contributed by atoms with van der Waals surface area (Å²) in [4.78, 5) is 0. The van der Waals surface area contributed by atoms with Crippen LogP contribution < -0.4 is 42.4 Å². The third-order valence-corrected chi connectivity index (χ3v) is 18.3. The fourth-order valence-electron chi connectivity index (χ4n) is 7.45. The molecule has 0 radical (unpaired) electrons. The van der Waals surface area contributed by atoms with E-state index in [2.05, 4.69) is 231 Å². The van der Waals surface area contributed by atoms with Gasteiger partial charge < -0.3 is 0 Å². The van der Waals surface area contributed by atoms with Gasteiger partial charge in [0.05, 0.1) is 0 Å². The topological polar surface area (TPSA) is 0 Å². The molecule has 0 N–H and O–H groups in total. The van der Waals surface area contributed by atoms with E-state index in [-0.39, 0.29) is 0 Å². The first kappa shape index (κ1) is 31.9. The van der Waals surface area contributed by atoms with Crippen molar-refractivity contribution in [3.05, 3.63) is 231 Å². The Morgan fingerprint density at radius 1 is 0.160 bits per heavy atom. The Labute approximate surface area is 297 Å². The van der Waals surface area contributed by atoms with Crippen molar-refractivity contribution in [2.45, 2.75) is 0 Å². The third-order valence-electron chi connectivity index (χ3n) is 9.70. The smallest absolute Gasteiger partial charge is 0.0620 e. The van der Waals surface area contributed by atoms with E-state index in [9.17, 15) is 0 Å². The summed E-state index contributed by atoms with van der Waals surface area (Å²) in [6.45, 7) is 0. The van der Waals surface area contributed by atoms with Gasteiger partial charge in [0.15, 0.2) is 0 Å². The quantitative estimate of drug-likeness (QED) is 0.134. The van der Waals surface area contributed by atoms with E-state index in [0.29, 0.717) is 0 Å². The summed E-state index contributed by atoms with van der Waals surface area (Å²) in [5, 5.41) is 10.9. The van der Waals surface area contributed by atoms with Gasteiger partial charge in [-0.1, -0.05) is 133 Å². The molecule has 0 spiro atoms. The fraction of sp³-hybridized carbons (Fsp3) is 0. The summed E-state index contributed by atoms with van der Waals surface area (Å²) >= 11 is 0. The van der Waals surface area contributed by atoms with Gasteiger partial charge in [-0.15, -0.1) is 0 Å². The van der Waals surface area contributed by atoms with Crippen molar-refractivity contribution in [2.75, 3.05) is 0 Å². The molecule has 0 fully saturated rings. The third kappa shape index (κ3) is 5.62. The van der Waals surface area contributed by atoms with Gasteiger partial charge in [-0.05, 0) is 108 Å². The van der Waals surface area contributed by atoms with E-state index >= 15 is 0 Å². The normalized spacial score (nSPS) is 11.6. The van der Waals surface area contributed by atoms with Crippen LogP contribution in [0.5, 0.6) is 0 Å². The maximum atomic E-state index is 2.37. The van der Waals surface area contributed by atoms with Crippen LogP contribution in [0, 0.1) is 0 Å². The Bertz CT molecular complexity index is 1890. The summed E-state index contributed by atoms with van der Waals surface area (Å²) < 4.78 is 0. The molecule has 2 heteroatoms. The molecule has 8 aromatic rings. The molecule has 0 unspecified atom stereocenters. The van der Waals surface area contributed by atoms with E-state index in [1.807, 2.05) is 0 Å². The number of benzene rings is 8. The van der Waals surface area contributed by atoms with E-state index in [1.165, 1.54) is 53.6 Å². The molecule has 0 aliphatic rings. The van der Waals surface area contributed by atoms with Gasteiger partial charge in [-0.3, -0.25) is 0 Å². The van der Waals surface area contributed by atoms with E-state index in [1.54, 1.807) is 0 Å². The van der Waals surface area contributed by atoms with Crippen LogP contribution in [0.4, 0.5) is 0 Å². The first-order valence-corrected chi connectivity index (χ1v) is 20.7. The summed E-state index contributed by atoms with van der Waals surface area (Å²) in [6, 6.07) is 85.3. The molecule has 0 atom stereocenters. The van der Waals surface area contributed by atoms with E-state index in [4.69, 9.17) is 0 Å². The summed E-state index contributed by atoms with van der Waals surface area (Å²) in [6.07, 6.45) is 0. The molecule has 0 aromatic heterocycles. The minimum Gasteiger partial charge on any atom is -0.0620 e. The zero-order valence-corrected chi connectivity index (χ0v) is 29.6. The fourth-order valence-corrected chi connectivity index (χ4v) is 15.9. The van der Waals surface area contributed by atoms with Crippen molar-refractivity contribution < 1.29 is 0 Å². The van der Waals surface area contributed by atoms with Crippen molar-refractivity contribution in [3.8, 4) is 11.1 Å². The van der Waals surface area contributed by atoms with Gasteiger partial charge >= 0.3 is 0 Å². The van der Waals surface area contributed by atoms with Gasteiger partial charge in [-0.25, -0.2) is 0 Å². The lowest BCUT2D eigenvalue weighted by Gasteiger charge is -2.28. The number of rotatable bonds is 9. The summed E-state index contributed by atoms with van der Waals surface area (Å²) in [5.41, 5.74) is 2.44. The molecule has 8 aromatic carbocycles. The van der Waals surface area contributed by atoms with Crippen LogP contribution in [0.25, 0.3) is 11.1 Å². The maximum absolute atomic E-state index is 2.37. The maximum Gasteiger partial charge on any atom is 0.144 e. The number of hydrogen-bond acceptors (Lipinski definition) is 0. The minimum absolute atomic E-state index is 1.22. The van der Waals surface area contributed by atoms with Gasteiger partial charge in [0.1, 0.15) is 57.0 Å². The second kappa shape index (κ2) is 14.2. The zero-order chi connectivity index (χ0) is 33.6. The first-order valence-electron chi connectivity index (χ1n) is 17.1. The van der Waals surface area contributed by atoms with Crippen LogP contribution in [-0.2, 0) is 0 Å². The molecule has 8 rings (SSSR count). The van der Waals surface area contributed by atoms with Crippen molar-refractivity contribution >= 4 is 57.0 Å². The van der Waals surface area contributed by atoms with Gasteiger partial charge in [0.2, 0.25) is 0 Å². The average Bonchev–Trinajstić information content (AvgIpc) is 3.22. The van der Waals surface area contributed by atoms with Crippen LogP contribution in [0.3, 0.4) is 0 Å². The zero-order valence-electron chi connectivity index (χ0n) is 27.8. The molecule has 0 saturated carbocycles. The highest BCUT2D eigenvalue weighted by Gasteiger charge is 2.49. The standard InChI is InChI=1S/C48H38P2/c1-7-19-41(20-8-1)49(42-21-9-2-10-22-42,43-23-11-3-12-24-43)47-35-31-39(32-36-47)40-33-37-48(38-34-40)50(44-25-13-4-14-26-44,45-27-15-5-16-28-45)46-29-17-6-18-30-46/h1-38H/q+2. The lowest BCUT2D eigenvalue weighted by Crippen LogP contribution is -2.38. The molecular weight excluding hydrogens is 638 g/mol. The van der Waals surface area contributed by atoms with Crippen LogP contribution in [0.2, 0.25) is 0 Å². The van der Waals surface area contributed by atoms with Gasteiger partial charge in [-0.2, -0.15) is 0 Å². The molecule has 238 valence electrons. The Morgan fingerprint density at radius 2 is 0.320 bits per heavy atom. The van der Waals surface area contributed by atoms with Crippen molar-refractivity contribution in [1.29, 1.82) is 0 Å². The predicted molar refractivity (Wildman–Crippen MR) is 221 cm³/mol. The SMILES string of the molecule is c1ccc([P+](c2ccccc2)(c2ccccc2)c2ccc(-c3ccc([P+](c4ccccc4)(c4ccccc4)c4ccccc4)cc3)cc2)cc1. The molecular formula is C48H38P2+2. The van der Waals surface area contributed by atoms with Crippen molar-refractivity contribution in [3.63, 3.8) is 0 Å². The summed E-state index contributed by atoms with van der Waals surface area (Å²) in [5.74, 6) is 0. The Kier molecular flexibility index (Phi) is 9.07. The van der Waals surface area contributed by atoms with Crippen LogP contribution in [0.15, 0.2) is 231 Å². The lowest BCUT2D eigenvalue weighted by molar-refractivity contribution is 1.65. The lowest BCUT2D eigenvalue weighted by atomic mass is 10.1. The average molecular weight is 677 g/mol. The van der Waals surface area contributed by atoms with Crippen LogP contribution >= 0.6 is 14.5 Å².